The molecule has 2 heterocycles. The van der Waals surface area contributed by atoms with Crippen molar-refractivity contribution in [3.63, 3.8) is 0 Å². The van der Waals surface area contributed by atoms with Gasteiger partial charge in [0.15, 0.2) is 0 Å². The Bertz CT molecular complexity index is 1310. The third kappa shape index (κ3) is 8.92. The fourth-order valence-electron chi connectivity index (χ4n) is 3.62. The number of carbonyl (C=O) groups excluding carboxylic acids is 4. The van der Waals surface area contributed by atoms with Crippen LogP contribution in [-0.4, -0.2) is 68.1 Å². The first-order valence-electron chi connectivity index (χ1n) is 12.5. The number of carbonyl (C=O) groups is 5. The molecule has 2 aromatic rings. The molecule has 40 heavy (non-hydrogen) atoms. The molecule has 0 spiro atoms. The highest BCUT2D eigenvalue weighted by molar-refractivity contribution is 6.00. The van der Waals surface area contributed by atoms with E-state index in [2.05, 4.69) is 25.7 Å². The van der Waals surface area contributed by atoms with Gasteiger partial charge in [-0.25, -0.2) is 14.6 Å². The smallest absolute Gasteiger partial charge is 0.330 e. The zero-order valence-electron chi connectivity index (χ0n) is 22.7. The largest absolute Gasteiger partial charge is 0.480 e. The van der Waals surface area contributed by atoms with Gasteiger partial charge in [0.05, 0.1) is 19.6 Å². The van der Waals surface area contributed by atoms with E-state index in [1.54, 1.807) is 20.9 Å². The third-order valence-electron chi connectivity index (χ3n) is 6.14. The van der Waals surface area contributed by atoms with Crippen LogP contribution in [0, 0.1) is 5.92 Å². The highest BCUT2D eigenvalue weighted by Gasteiger charge is 2.26. The minimum absolute atomic E-state index is 0.0819. The minimum Gasteiger partial charge on any atom is -0.480 e. The Morgan fingerprint density at radius 1 is 1.20 bits per heavy atom. The molecule has 0 radical (unpaired) electrons. The molecule has 0 aliphatic carbocycles. The number of methoxy groups -OCH3 is 1. The van der Waals surface area contributed by atoms with Gasteiger partial charge in [0.1, 0.15) is 30.0 Å². The van der Waals surface area contributed by atoms with E-state index in [1.165, 1.54) is 54.7 Å². The Balaban J connectivity index is 2.19. The Hall–Kier alpha value is -4.75. The molecule has 4 N–H and O–H groups in total. The van der Waals surface area contributed by atoms with Gasteiger partial charge in [-0.3, -0.25) is 19.2 Å². The van der Waals surface area contributed by atoms with Crippen LogP contribution < -0.4 is 21.5 Å². The molecule has 0 aromatic carbocycles. The van der Waals surface area contributed by atoms with E-state index in [9.17, 15) is 33.9 Å². The van der Waals surface area contributed by atoms with Crippen molar-refractivity contribution in [2.24, 2.45) is 13.0 Å². The molecule has 0 saturated heterocycles. The number of aromatic nitrogens is 3. The van der Waals surface area contributed by atoms with Crippen molar-refractivity contribution in [2.45, 2.75) is 51.7 Å². The monoisotopic (exact) mass is 558 g/mol. The summed E-state index contributed by atoms with van der Waals surface area (Å²) < 4.78 is 7.03. The second-order valence-electron chi connectivity index (χ2n) is 9.03. The number of aryl methyl sites for hydroxylation is 1. The molecule has 0 saturated carbocycles. The van der Waals surface area contributed by atoms with Crippen molar-refractivity contribution in [3.05, 3.63) is 59.1 Å². The zero-order chi connectivity index (χ0) is 29.8. The lowest BCUT2D eigenvalue weighted by Gasteiger charge is -2.20. The van der Waals surface area contributed by atoms with Crippen LogP contribution in [0.25, 0.3) is 0 Å². The van der Waals surface area contributed by atoms with Crippen LogP contribution in [0.3, 0.4) is 0 Å². The number of ether oxygens (including phenoxy) is 1. The first kappa shape index (κ1) is 31.5. The normalized spacial score (nSPS) is 13.2. The molecular weight excluding hydrogens is 524 g/mol. The van der Waals surface area contributed by atoms with Crippen LogP contribution in [0.1, 0.15) is 43.6 Å². The number of esters is 1. The average molecular weight is 559 g/mol. The molecule has 0 bridgehead atoms. The standard InChI is InChI=1S/C26H34N6O8/c1-5-16(2)22(26(38)39)30-20(33)14-32-12-8-10-18(25(32)37)29-23(35)17(9-6-7-11-21(34)40-4)28-24(36)19-13-27-15-31(19)3/h7-8,10-13,15-17,22H,5-6,9,14H2,1-4H3,(H,28,36)(H,29,35)(H,30,33)(H,38,39)/b11-7+/t16-,17+,22+/m1/s1. The van der Waals surface area contributed by atoms with E-state index in [-0.39, 0.29) is 30.1 Å². The van der Waals surface area contributed by atoms with Crippen molar-refractivity contribution in [1.29, 1.82) is 0 Å². The Morgan fingerprint density at radius 3 is 2.52 bits per heavy atom. The predicted molar refractivity (Wildman–Crippen MR) is 143 cm³/mol. The highest BCUT2D eigenvalue weighted by atomic mass is 16.5. The maximum absolute atomic E-state index is 13.1. The fraction of sp³-hybridized carbons (Fsp3) is 0.423. The van der Waals surface area contributed by atoms with E-state index in [4.69, 9.17) is 0 Å². The lowest BCUT2D eigenvalue weighted by atomic mass is 9.99. The topological polar surface area (TPSA) is 191 Å². The Morgan fingerprint density at radius 2 is 1.93 bits per heavy atom. The van der Waals surface area contributed by atoms with Gasteiger partial charge < -0.3 is 34.9 Å². The van der Waals surface area contributed by atoms with Crippen molar-refractivity contribution in [1.82, 2.24) is 24.8 Å². The SMILES string of the molecule is CC[C@@H](C)[C@H](NC(=O)Cn1cccc(NC(=O)[C@H](CC/C=C/C(=O)OC)NC(=O)c2cncn2C)c1=O)C(=O)O. The van der Waals surface area contributed by atoms with Gasteiger partial charge in [0, 0.05) is 19.3 Å². The van der Waals surface area contributed by atoms with E-state index in [0.717, 1.165) is 4.57 Å². The van der Waals surface area contributed by atoms with Crippen LogP contribution in [0.15, 0.2) is 47.8 Å². The summed E-state index contributed by atoms with van der Waals surface area (Å²) in [6, 6.07) is 0.557. The molecule has 216 valence electrons. The molecule has 3 atom stereocenters. The summed E-state index contributed by atoms with van der Waals surface area (Å²) in [6.07, 6.45) is 7.59. The molecule has 14 heteroatoms. The summed E-state index contributed by atoms with van der Waals surface area (Å²) in [7, 11) is 2.84. The van der Waals surface area contributed by atoms with Crippen LogP contribution >= 0.6 is 0 Å². The summed E-state index contributed by atoms with van der Waals surface area (Å²) >= 11 is 0. The molecule has 0 aliphatic rings. The zero-order valence-corrected chi connectivity index (χ0v) is 22.7. The van der Waals surface area contributed by atoms with Crippen LogP contribution in [0.4, 0.5) is 5.69 Å². The number of allylic oxidation sites excluding steroid dienone is 1. The van der Waals surface area contributed by atoms with E-state index >= 15 is 0 Å². The third-order valence-corrected chi connectivity index (χ3v) is 6.14. The fourth-order valence-corrected chi connectivity index (χ4v) is 3.62. The maximum Gasteiger partial charge on any atom is 0.330 e. The highest BCUT2D eigenvalue weighted by Crippen LogP contribution is 2.09. The van der Waals surface area contributed by atoms with Crippen molar-refractivity contribution >= 4 is 35.3 Å². The Kier molecular flexibility index (Phi) is 11.8. The summed E-state index contributed by atoms with van der Waals surface area (Å²) in [5.41, 5.74) is -0.654. The number of anilines is 1. The van der Waals surface area contributed by atoms with E-state index in [1.807, 2.05) is 0 Å². The van der Waals surface area contributed by atoms with Crippen LogP contribution in [0.5, 0.6) is 0 Å². The van der Waals surface area contributed by atoms with Gasteiger partial charge in [-0.1, -0.05) is 26.3 Å². The van der Waals surface area contributed by atoms with Gasteiger partial charge in [0.25, 0.3) is 11.5 Å². The van der Waals surface area contributed by atoms with E-state index in [0.29, 0.717) is 6.42 Å². The number of imidazole rings is 1. The van der Waals surface area contributed by atoms with Crippen molar-refractivity contribution in [2.75, 3.05) is 12.4 Å². The lowest BCUT2D eigenvalue weighted by molar-refractivity contribution is -0.143. The first-order valence-corrected chi connectivity index (χ1v) is 12.5. The first-order chi connectivity index (χ1) is 19.0. The maximum atomic E-state index is 13.1. The summed E-state index contributed by atoms with van der Waals surface area (Å²) in [4.78, 5) is 78.1. The van der Waals surface area contributed by atoms with Crippen LogP contribution in [0.2, 0.25) is 0 Å². The molecular formula is C26H34N6O8. The molecule has 2 aromatic heterocycles. The number of carboxylic acids is 1. The molecule has 3 amide bonds. The number of nitrogens with zero attached hydrogens (tertiary/aromatic N) is 3. The summed E-state index contributed by atoms with van der Waals surface area (Å²) in [5, 5.41) is 16.9. The summed E-state index contributed by atoms with van der Waals surface area (Å²) in [5.74, 6) is -4.05. The number of hydrogen-bond donors (Lipinski definition) is 4. The summed E-state index contributed by atoms with van der Waals surface area (Å²) in [6.45, 7) is 3.02. The second kappa shape index (κ2) is 15.0. The minimum atomic E-state index is -1.18. The Labute approximate surface area is 230 Å². The van der Waals surface area contributed by atoms with Gasteiger partial charge >= 0.3 is 11.9 Å². The number of amides is 3. The lowest BCUT2D eigenvalue weighted by Crippen LogP contribution is -2.47. The average Bonchev–Trinajstić information content (AvgIpc) is 3.36. The predicted octanol–water partition coefficient (Wildman–Crippen LogP) is 0.444. The number of carboxylic acid groups (broad SMARTS) is 1. The molecule has 2 rings (SSSR count). The van der Waals surface area contributed by atoms with Crippen LogP contribution in [-0.2, 0) is 37.5 Å². The number of aliphatic carboxylic acids is 1. The quantitative estimate of drug-likeness (QED) is 0.188. The molecule has 0 aliphatic heterocycles. The van der Waals surface area contributed by atoms with Crippen molar-refractivity contribution in [3.8, 4) is 0 Å². The van der Waals surface area contributed by atoms with Gasteiger partial charge in [-0.05, 0) is 30.9 Å². The van der Waals surface area contributed by atoms with Crippen molar-refractivity contribution < 1.29 is 33.8 Å². The number of rotatable bonds is 14. The second-order valence-corrected chi connectivity index (χ2v) is 9.03. The molecule has 14 nitrogen and oxygen atoms in total. The molecule has 0 unspecified atom stereocenters. The number of pyridine rings is 1. The van der Waals surface area contributed by atoms with Gasteiger partial charge in [0.2, 0.25) is 11.8 Å². The van der Waals surface area contributed by atoms with E-state index < -0.39 is 53.8 Å². The van der Waals surface area contributed by atoms with Gasteiger partial charge in [-0.2, -0.15) is 0 Å². The van der Waals surface area contributed by atoms with Gasteiger partial charge in [-0.15, -0.1) is 0 Å². The number of nitrogens with one attached hydrogen (secondary N) is 3. The molecule has 0 fully saturated rings. The number of hydrogen-bond acceptors (Lipinski definition) is 8.